The first-order valence-corrected chi connectivity index (χ1v) is 4.62. The zero-order chi connectivity index (χ0) is 10.1. The summed E-state index contributed by atoms with van der Waals surface area (Å²) in [6.45, 7) is 1.40. The van der Waals surface area contributed by atoms with Crippen molar-refractivity contribution < 1.29 is 4.39 Å². The molecule has 0 aliphatic rings. The van der Waals surface area contributed by atoms with Gasteiger partial charge in [-0.15, -0.1) is 12.4 Å². The van der Waals surface area contributed by atoms with E-state index in [2.05, 4.69) is 4.98 Å². The summed E-state index contributed by atoms with van der Waals surface area (Å²) in [6, 6.07) is 7.29. The van der Waals surface area contributed by atoms with Gasteiger partial charge in [-0.1, -0.05) is 18.2 Å². The first-order valence-electron chi connectivity index (χ1n) is 4.62. The Morgan fingerprint density at radius 1 is 1.40 bits per heavy atom. The molecule has 0 amide bonds. The van der Waals surface area contributed by atoms with Gasteiger partial charge in [0.15, 0.2) is 0 Å². The lowest BCUT2D eigenvalue weighted by atomic mass is 10.1. The molecule has 0 aliphatic carbocycles. The molecule has 0 radical (unpaired) electrons. The van der Waals surface area contributed by atoms with Gasteiger partial charge in [-0.25, -0.2) is 4.39 Å². The van der Waals surface area contributed by atoms with Crippen molar-refractivity contribution in [3.8, 4) is 0 Å². The Morgan fingerprint density at radius 2 is 2.07 bits per heavy atom. The van der Waals surface area contributed by atoms with Crippen molar-refractivity contribution in [3.63, 3.8) is 0 Å². The Hall–Kier alpha value is -1.06. The van der Waals surface area contributed by atoms with Crippen LogP contribution in [0.15, 0.2) is 24.3 Å². The fourth-order valence-electron chi connectivity index (χ4n) is 1.85. The van der Waals surface area contributed by atoms with E-state index in [1.165, 1.54) is 0 Å². The Morgan fingerprint density at radius 3 is 2.73 bits per heavy atom. The lowest BCUT2D eigenvalue weighted by Gasteiger charge is -2.06. The van der Waals surface area contributed by atoms with E-state index in [4.69, 9.17) is 5.73 Å². The number of hydrogen-bond donors (Lipinski definition) is 2. The van der Waals surface area contributed by atoms with Gasteiger partial charge in [0.25, 0.3) is 0 Å². The second kappa shape index (κ2) is 4.64. The number of H-pyrrole nitrogens is 1. The van der Waals surface area contributed by atoms with Crippen LogP contribution in [0, 0.1) is 6.92 Å². The Bertz CT molecular complexity index is 453. The van der Waals surface area contributed by atoms with Crippen LogP contribution in [0.25, 0.3) is 10.9 Å². The number of rotatable bonds is 2. The summed E-state index contributed by atoms with van der Waals surface area (Å²) in [5, 5.41) is 1.02. The lowest BCUT2D eigenvalue weighted by molar-refractivity contribution is 0.437. The normalized spacial score (nSPS) is 12.5. The van der Waals surface area contributed by atoms with Gasteiger partial charge in [0.2, 0.25) is 0 Å². The molecular formula is C11H14ClFN2. The van der Waals surface area contributed by atoms with Crippen LogP contribution in [-0.2, 0) is 0 Å². The number of aromatic nitrogens is 1. The Kier molecular flexibility index (Phi) is 3.72. The van der Waals surface area contributed by atoms with E-state index < -0.39 is 12.7 Å². The third-order valence-corrected chi connectivity index (χ3v) is 2.48. The highest BCUT2D eigenvalue weighted by Crippen LogP contribution is 2.26. The van der Waals surface area contributed by atoms with E-state index in [9.17, 15) is 4.39 Å². The summed E-state index contributed by atoms with van der Waals surface area (Å²) in [5.74, 6) is 0. The van der Waals surface area contributed by atoms with E-state index in [1.807, 2.05) is 31.2 Å². The largest absolute Gasteiger partial charge is 0.358 e. The number of aromatic amines is 1. The van der Waals surface area contributed by atoms with Crippen LogP contribution in [0.1, 0.15) is 17.3 Å². The number of benzene rings is 1. The van der Waals surface area contributed by atoms with E-state index >= 15 is 0 Å². The van der Waals surface area contributed by atoms with Crippen molar-refractivity contribution in [2.75, 3.05) is 6.67 Å². The summed E-state index contributed by atoms with van der Waals surface area (Å²) in [6.07, 6.45) is 0. The van der Waals surface area contributed by atoms with E-state index in [1.54, 1.807) is 0 Å². The quantitative estimate of drug-likeness (QED) is 0.816. The molecule has 4 heteroatoms. The van der Waals surface area contributed by atoms with Crippen molar-refractivity contribution in [3.05, 3.63) is 35.5 Å². The van der Waals surface area contributed by atoms with Gasteiger partial charge in [-0.2, -0.15) is 0 Å². The summed E-state index contributed by atoms with van der Waals surface area (Å²) in [4.78, 5) is 3.20. The molecule has 2 rings (SSSR count). The fraction of sp³-hybridized carbons (Fsp3) is 0.273. The minimum atomic E-state index is -0.525. The summed E-state index contributed by atoms with van der Waals surface area (Å²) in [7, 11) is 0. The zero-order valence-electron chi connectivity index (χ0n) is 8.46. The van der Waals surface area contributed by atoms with Crippen molar-refractivity contribution in [1.29, 1.82) is 0 Å². The highest BCUT2D eigenvalue weighted by atomic mass is 35.5. The lowest BCUT2D eigenvalue weighted by Crippen LogP contribution is -2.12. The van der Waals surface area contributed by atoms with Gasteiger partial charge in [0.1, 0.15) is 6.67 Å². The van der Waals surface area contributed by atoms with Crippen LogP contribution < -0.4 is 5.73 Å². The summed E-state index contributed by atoms with van der Waals surface area (Å²) < 4.78 is 12.5. The van der Waals surface area contributed by atoms with Gasteiger partial charge >= 0.3 is 0 Å². The maximum atomic E-state index is 12.5. The van der Waals surface area contributed by atoms with Crippen molar-refractivity contribution in [1.82, 2.24) is 4.98 Å². The number of fused-ring (bicyclic) bond motifs is 1. The van der Waals surface area contributed by atoms with Crippen LogP contribution >= 0.6 is 12.4 Å². The van der Waals surface area contributed by atoms with Gasteiger partial charge in [-0.05, 0) is 18.6 Å². The molecule has 0 spiro atoms. The minimum absolute atomic E-state index is 0. The third kappa shape index (κ3) is 1.98. The molecule has 1 aromatic heterocycles. The van der Waals surface area contributed by atoms with E-state index in [0.717, 1.165) is 22.2 Å². The average molecular weight is 229 g/mol. The first-order chi connectivity index (χ1) is 6.74. The average Bonchev–Trinajstić information content (AvgIpc) is 2.53. The Labute approximate surface area is 94.1 Å². The maximum Gasteiger partial charge on any atom is 0.109 e. The first kappa shape index (κ1) is 12.0. The van der Waals surface area contributed by atoms with Crippen molar-refractivity contribution in [2.45, 2.75) is 13.0 Å². The van der Waals surface area contributed by atoms with E-state index in [0.29, 0.717) is 0 Å². The second-order valence-corrected chi connectivity index (χ2v) is 3.47. The number of hydrogen-bond acceptors (Lipinski definition) is 1. The predicted octanol–water partition coefficient (Wildman–Crippen LogP) is 2.87. The molecule has 0 unspecified atom stereocenters. The number of alkyl halides is 1. The van der Waals surface area contributed by atoms with Crippen LogP contribution in [-0.4, -0.2) is 11.7 Å². The molecule has 0 saturated carbocycles. The molecule has 1 atom stereocenters. The molecule has 2 nitrogen and oxygen atoms in total. The molecule has 0 bridgehead atoms. The third-order valence-electron chi connectivity index (χ3n) is 2.48. The highest BCUT2D eigenvalue weighted by molar-refractivity contribution is 5.85. The number of nitrogens with one attached hydrogen (secondary N) is 1. The topological polar surface area (TPSA) is 41.8 Å². The molecule has 1 aromatic carbocycles. The molecule has 15 heavy (non-hydrogen) atoms. The smallest absolute Gasteiger partial charge is 0.109 e. The standard InChI is InChI=1S/C11H13FN2.ClH/c1-7-11(9(13)6-12)8-4-2-3-5-10(8)14-7;/h2-5,9,14H,6,13H2,1H3;1H/t9-;/m0./s1. The predicted molar refractivity (Wildman–Crippen MR) is 63.2 cm³/mol. The fourth-order valence-corrected chi connectivity index (χ4v) is 1.85. The van der Waals surface area contributed by atoms with Gasteiger partial charge in [-0.3, -0.25) is 0 Å². The molecule has 82 valence electrons. The van der Waals surface area contributed by atoms with E-state index in [-0.39, 0.29) is 12.4 Å². The van der Waals surface area contributed by atoms with Crippen molar-refractivity contribution >= 4 is 23.3 Å². The van der Waals surface area contributed by atoms with Crippen LogP contribution in [0.5, 0.6) is 0 Å². The summed E-state index contributed by atoms with van der Waals surface area (Å²) >= 11 is 0. The number of aryl methyl sites for hydroxylation is 1. The van der Waals surface area contributed by atoms with Gasteiger partial charge in [0, 0.05) is 16.6 Å². The van der Waals surface area contributed by atoms with Crippen LogP contribution in [0.3, 0.4) is 0 Å². The molecule has 2 aromatic rings. The number of nitrogens with two attached hydrogens (primary N) is 1. The molecule has 0 fully saturated rings. The van der Waals surface area contributed by atoms with Crippen molar-refractivity contribution in [2.24, 2.45) is 5.73 Å². The molecule has 0 aliphatic heterocycles. The SMILES string of the molecule is Cc1[nH]c2ccccc2c1[C@@H](N)CF.Cl. The number of para-hydroxylation sites is 1. The minimum Gasteiger partial charge on any atom is -0.358 e. The van der Waals surface area contributed by atoms with Crippen LogP contribution in [0.2, 0.25) is 0 Å². The van der Waals surface area contributed by atoms with Crippen LogP contribution in [0.4, 0.5) is 4.39 Å². The monoisotopic (exact) mass is 228 g/mol. The molecular weight excluding hydrogens is 215 g/mol. The highest BCUT2D eigenvalue weighted by Gasteiger charge is 2.14. The molecule has 3 N–H and O–H groups in total. The summed E-state index contributed by atoms with van der Waals surface area (Å²) in [5.41, 5.74) is 8.57. The zero-order valence-corrected chi connectivity index (χ0v) is 9.27. The number of halogens is 2. The van der Waals surface area contributed by atoms with Gasteiger partial charge in [0.05, 0.1) is 6.04 Å². The van der Waals surface area contributed by atoms with Gasteiger partial charge < -0.3 is 10.7 Å². The molecule has 0 saturated heterocycles. The maximum absolute atomic E-state index is 12.5. The second-order valence-electron chi connectivity index (χ2n) is 3.47. The Balaban J connectivity index is 0.00000112. The molecule has 1 heterocycles.